The van der Waals surface area contributed by atoms with Crippen LogP contribution in [0.25, 0.3) is 0 Å². The molecule has 2 aromatic rings. The molecule has 2 rings (SSSR count). The molecule has 0 bridgehead atoms. The van der Waals surface area contributed by atoms with E-state index in [0.717, 1.165) is 9.35 Å². The van der Waals surface area contributed by atoms with Crippen molar-refractivity contribution in [3.8, 4) is 0 Å². The van der Waals surface area contributed by atoms with Crippen LogP contribution in [-0.4, -0.2) is 15.9 Å². The van der Waals surface area contributed by atoms with Gasteiger partial charge in [-0.05, 0) is 28.1 Å². The quantitative estimate of drug-likeness (QED) is 0.947. The maximum atomic E-state index is 11.6. The minimum absolute atomic E-state index is 0.111. The SMILES string of the molecule is O=C(Cc1cc(Br)cs1)Nc1ncccn1. The second-order valence-corrected chi connectivity index (χ2v) is 4.94. The summed E-state index contributed by atoms with van der Waals surface area (Å²) in [6, 6.07) is 3.63. The van der Waals surface area contributed by atoms with Crippen LogP contribution in [0.15, 0.2) is 34.4 Å². The van der Waals surface area contributed by atoms with Gasteiger partial charge >= 0.3 is 0 Å². The van der Waals surface area contributed by atoms with E-state index in [1.807, 2.05) is 11.4 Å². The molecule has 0 unspecified atom stereocenters. The summed E-state index contributed by atoms with van der Waals surface area (Å²) in [4.78, 5) is 20.4. The van der Waals surface area contributed by atoms with Gasteiger partial charge in [-0.2, -0.15) is 0 Å². The molecule has 0 aliphatic rings. The van der Waals surface area contributed by atoms with Crippen molar-refractivity contribution >= 4 is 39.1 Å². The van der Waals surface area contributed by atoms with Crippen LogP contribution in [0.3, 0.4) is 0 Å². The number of thiophene rings is 1. The zero-order valence-electron chi connectivity index (χ0n) is 8.18. The molecule has 16 heavy (non-hydrogen) atoms. The van der Waals surface area contributed by atoms with Crippen molar-refractivity contribution in [2.45, 2.75) is 6.42 Å². The molecule has 2 heterocycles. The Hall–Kier alpha value is -1.27. The van der Waals surface area contributed by atoms with Crippen molar-refractivity contribution < 1.29 is 4.79 Å². The van der Waals surface area contributed by atoms with Crippen molar-refractivity contribution in [3.05, 3.63) is 39.3 Å². The van der Waals surface area contributed by atoms with Crippen LogP contribution in [0, 0.1) is 0 Å². The lowest BCUT2D eigenvalue weighted by atomic mass is 10.3. The van der Waals surface area contributed by atoms with Gasteiger partial charge in [-0.1, -0.05) is 0 Å². The Bertz CT molecular complexity index is 486. The first-order valence-corrected chi connectivity index (χ1v) is 6.21. The highest BCUT2D eigenvalue weighted by atomic mass is 79.9. The first-order valence-electron chi connectivity index (χ1n) is 4.54. The second kappa shape index (κ2) is 5.18. The van der Waals surface area contributed by atoms with Gasteiger partial charge in [0.2, 0.25) is 11.9 Å². The molecule has 0 spiro atoms. The molecule has 0 aliphatic heterocycles. The predicted molar refractivity (Wildman–Crippen MR) is 66.4 cm³/mol. The maximum Gasteiger partial charge on any atom is 0.231 e. The van der Waals surface area contributed by atoms with E-state index < -0.39 is 0 Å². The van der Waals surface area contributed by atoms with Gasteiger partial charge in [0.15, 0.2) is 0 Å². The lowest BCUT2D eigenvalue weighted by molar-refractivity contribution is -0.115. The van der Waals surface area contributed by atoms with E-state index in [9.17, 15) is 4.79 Å². The standard InChI is InChI=1S/C10H8BrN3OS/c11-7-4-8(16-6-7)5-9(15)14-10-12-2-1-3-13-10/h1-4,6H,5H2,(H,12,13,14,15). The normalized spacial score (nSPS) is 10.1. The average Bonchev–Trinajstić information content (AvgIpc) is 2.65. The van der Waals surface area contributed by atoms with Crippen LogP contribution in [-0.2, 0) is 11.2 Å². The minimum Gasteiger partial charge on any atom is -0.294 e. The zero-order valence-corrected chi connectivity index (χ0v) is 10.6. The summed E-state index contributed by atoms with van der Waals surface area (Å²) in [5.41, 5.74) is 0. The summed E-state index contributed by atoms with van der Waals surface area (Å²) < 4.78 is 0.997. The summed E-state index contributed by atoms with van der Waals surface area (Å²) in [5, 5.41) is 4.58. The van der Waals surface area contributed by atoms with Crippen LogP contribution in [0.4, 0.5) is 5.95 Å². The highest BCUT2D eigenvalue weighted by molar-refractivity contribution is 9.10. The van der Waals surface area contributed by atoms with Gasteiger partial charge in [-0.15, -0.1) is 11.3 Å². The molecule has 0 saturated heterocycles. The molecule has 1 N–H and O–H groups in total. The molecule has 4 nitrogen and oxygen atoms in total. The number of hydrogen-bond acceptors (Lipinski definition) is 4. The van der Waals surface area contributed by atoms with E-state index in [4.69, 9.17) is 0 Å². The molecular formula is C10H8BrN3OS. The van der Waals surface area contributed by atoms with E-state index >= 15 is 0 Å². The van der Waals surface area contributed by atoms with Gasteiger partial charge in [0.1, 0.15) is 0 Å². The molecule has 2 aromatic heterocycles. The van der Waals surface area contributed by atoms with Crippen LogP contribution in [0.1, 0.15) is 4.88 Å². The van der Waals surface area contributed by atoms with E-state index in [0.29, 0.717) is 12.4 Å². The predicted octanol–water partition coefficient (Wildman–Crippen LogP) is 2.48. The molecule has 82 valence electrons. The Kier molecular flexibility index (Phi) is 3.63. The Morgan fingerprint density at radius 1 is 1.44 bits per heavy atom. The molecule has 0 fully saturated rings. The second-order valence-electron chi connectivity index (χ2n) is 3.03. The first-order chi connectivity index (χ1) is 7.74. The number of nitrogens with one attached hydrogen (secondary N) is 1. The van der Waals surface area contributed by atoms with Crippen LogP contribution in [0.5, 0.6) is 0 Å². The number of halogens is 1. The lowest BCUT2D eigenvalue weighted by Gasteiger charge is -2.00. The van der Waals surface area contributed by atoms with Gasteiger partial charge in [-0.3, -0.25) is 10.1 Å². The Balaban J connectivity index is 1.95. The van der Waals surface area contributed by atoms with Crippen molar-refractivity contribution in [2.24, 2.45) is 0 Å². The number of hydrogen-bond donors (Lipinski definition) is 1. The molecule has 0 aliphatic carbocycles. The molecule has 0 radical (unpaired) electrons. The summed E-state index contributed by atoms with van der Waals surface area (Å²) in [6.45, 7) is 0. The number of rotatable bonds is 3. The van der Waals surface area contributed by atoms with E-state index in [2.05, 4.69) is 31.2 Å². The van der Waals surface area contributed by atoms with Crippen LogP contribution >= 0.6 is 27.3 Å². The van der Waals surface area contributed by atoms with Crippen molar-refractivity contribution in [1.29, 1.82) is 0 Å². The topological polar surface area (TPSA) is 54.9 Å². The summed E-state index contributed by atoms with van der Waals surface area (Å²) in [6.07, 6.45) is 3.52. The van der Waals surface area contributed by atoms with Crippen molar-refractivity contribution in [3.63, 3.8) is 0 Å². The lowest BCUT2D eigenvalue weighted by Crippen LogP contribution is -2.15. The molecule has 1 amide bonds. The fourth-order valence-electron chi connectivity index (χ4n) is 1.14. The monoisotopic (exact) mass is 297 g/mol. The summed E-state index contributed by atoms with van der Waals surface area (Å²) in [7, 11) is 0. The number of carbonyl (C=O) groups is 1. The molecule has 6 heteroatoms. The van der Waals surface area contributed by atoms with Crippen molar-refractivity contribution in [1.82, 2.24) is 9.97 Å². The third-order valence-electron chi connectivity index (χ3n) is 1.77. The fourth-order valence-corrected chi connectivity index (χ4v) is 2.59. The smallest absolute Gasteiger partial charge is 0.231 e. The number of aromatic nitrogens is 2. The van der Waals surface area contributed by atoms with E-state index in [-0.39, 0.29) is 5.91 Å². The molecule has 0 saturated carbocycles. The number of carbonyl (C=O) groups excluding carboxylic acids is 1. The van der Waals surface area contributed by atoms with Gasteiger partial charge in [-0.25, -0.2) is 9.97 Å². The molecular weight excluding hydrogens is 290 g/mol. The minimum atomic E-state index is -0.111. The van der Waals surface area contributed by atoms with E-state index in [1.54, 1.807) is 18.5 Å². The molecule has 0 aromatic carbocycles. The zero-order chi connectivity index (χ0) is 11.4. The Morgan fingerprint density at radius 2 is 2.19 bits per heavy atom. The number of amides is 1. The van der Waals surface area contributed by atoms with E-state index in [1.165, 1.54) is 11.3 Å². The summed E-state index contributed by atoms with van der Waals surface area (Å²) in [5.74, 6) is 0.226. The van der Waals surface area contributed by atoms with Gasteiger partial charge in [0.25, 0.3) is 0 Å². The third kappa shape index (κ3) is 3.11. The number of anilines is 1. The largest absolute Gasteiger partial charge is 0.294 e. The first kappa shape index (κ1) is 11.2. The summed E-state index contributed by atoms with van der Waals surface area (Å²) >= 11 is 4.88. The third-order valence-corrected chi connectivity index (χ3v) is 3.47. The molecule has 0 atom stereocenters. The Morgan fingerprint density at radius 3 is 2.81 bits per heavy atom. The van der Waals surface area contributed by atoms with Crippen molar-refractivity contribution in [2.75, 3.05) is 5.32 Å². The van der Waals surface area contributed by atoms with Crippen LogP contribution in [0.2, 0.25) is 0 Å². The number of nitrogens with zero attached hydrogens (tertiary/aromatic N) is 2. The highest BCUT2D eigenvalue weighted by Gasteiger charge is 2.06. The highest BCUT2D eigenvalue weighted by Crippen LogP contribution is 2.20. The van der Waals surface area contributed by atoms with Crippen LogP contribution < -0.4 is 5.32 Å². The average molecular weight is 298 g/mol. The fraction of sp³-hybridized carbons (Fsp3) is 0.100. The van der Waals surface area contributed by atoms with Gasteiger partial charge in [0, 0.05) is 27.1 Å². The van der Waals surface area contributed by atoms with Gasteiger partial charge in [0.05, 0.1) is 6.42 Å². The maximum absolute atomic E-state index is 11.6. The van der Waals surface area contributed by atoms with Gasteiger partial charge < -0.3 is 0 Å². The Labute approximate surface area is 105 Å².